The van der Waals surface area contributed by atoms with E-state index in [1.165, 1.54) is 6.07 Å². The number of nitrogens with zero attached hydrogens (tertiary/aromatic N) is 3. The molecule has 190 valence electrons. The number of rotatable bonds is 7. The molecule has 9 nitrogen and oxygen atoms in total. The minimum Gasteiger partial charge on any atom is -0.497 e. The van der Waals surface area contributed by atoms with E-state index in [2.05, 4.69) is 16.4 Å². The molecule has 1 aliphatic heterocycles. The zero-order valence-corrected chi connectivity index (χ0v) is 21.3. The number of ether oxygens (including phenoxy) is 2. The second kappa shape index (κ2) is 11.7. The summed E-state index contributed by atoms with van der Waals surface area (Å²) in [5.74, 6) is -0.357. The number of likely N-dealkylation sites (tertiary alicyclic amines) is 1. The summed E-state index contributed by atoms with van der Waals surface area (Å²) in [6, 6.07) is 15.7. The molecule has 2 aromatic carbocycles. The van der Waals surface area contributed by atoms with Gasteiger partial charge < -0.3 is 14.4 Å². The number of esters is 1. The number of hydrogen-bond acceptors (Lipinski definition) is 8. The van der Waals surface area contributed by atoms with E-state index in [-0.39, 0.29) is 22.9 Å². The van der Waals surface area contributed by atoms with E-state index < -0.39 is 5.91 Å². The summed E-state index contributed by atoms with van der Waals surface area (Å²) in [5.41, 5.74) is 1.89. The Morgan fingerprint density at radius 1 is 1.14 bits per heavy atom. The number of benzene rings is 2. The number of methoxy groups -OCH3 is 1. The van der Waals surface area contributed by atoms with Crippen LogP contribution in [0.4, 0.5) is 5.13 Å². The SMILES string of the molecule is CCOC(=O)C1CCN(C(=O)c2cccc(C(=O)Nc3nc(-c4ccc(OC)cc4)c(C#N)s3)c2)CC1. The number of piperidine rings is 1. The molecule has 1 aliphatic rings. The van der Waals surface area contributed by atoms with E-state index in [1.54, 1.807) is 61.4 Å². The minimum atomic E-state index is -0.435. The van der Waals surface area contributed by atoms with Crippen molar-refractivity contribution in [3.8, 4) is 23.1 Å². The van der Waals surface area contributed by atoms with Gasteiger partial charge >= 0.3 is 5.97 Å². The summed E-state index contributed by atoms with van der Waals surface area (Å²) in [4.78, 5) is 44.5. The predicted molar refractivity (Wildman–Crippen MR) is 138 cm³/mol. The Morgan fingerprint density at radius 3 is 2.49 bits per heavy atom. The Kier molecular flexibility index (Phi) is 8.15. The molecule has 1 N–H and O–H groups in total. The standard InChI is InChI=1S/C27H26N4O5S/c1-3-36-26(34)18-11-13-31(14-12-18)25(33)20-6-4-5-19(15-20)24(32)30-27-29-23(22(16-28)37-27)17-7-9-21(35-2)10-8-17/h4-10,15,18H,3,11-14H2,1-2H3,(H,29,30,32). The smallest absolute Gasteiger partial charge is 0.309 e. The van der Waals surface area contributed by atoms with Crippen LogP contribution in [0.1, 0.15) is 45.4 Å². The molecule has 1 fully saturated rings. The van der Waals surface area contributed by atoms with Crippen LogP contribution in [0.5, 0.6) is 5.75 Å². The maximum absolute atomic E-state index is 13.0. The van der Waals surface area contributed by atoms with Gasteiger partial charge in [-0.25, -0.2) is 4.98 Å². The molecule has 0 bridgehead atoms. The van der Waals surface area contributed by atoms with Crippen LogP contribution in [0.25, 0.3) is 11.3 Å². The van der Waals surface area contributed by atoms with Crippen LogP contribution in [0, 0.1) is 17.2 Å². The topological polar surface area (TPSA) is 122 Å². The molecule has 37 heavy (non-hydrogen) atoms. The molecule has 0 spiro atoms. The van der Waals surface area contributed by atoms with Crippen molar-refractivity contribution in [1.29, 1.82) is 5.26 Å². The third-order valence-electron chi connectivity index (χ3n) is 6.09. The molecule has 0 unspecified atom stereocenters. The second-order valence-electron chi connectivity index (χ2n) is 8.39. The number of thiazole rings is 1. The molecule has 0 saturated carbocycles. The summed E-state index contributed by atoms with van der Waals surface area (Å²) >= 11 is 1.08. The first-order valence-corrected chi connectivity index (χ1v) is 12.7. The van der Waals surface area contributed by atoms with Crippen LogP contribution in [0.15, 0.2) is 48.5 Å². The first-order valence-electron chi connectivity index (χ1n) is 11.9. The maximum atomic E-state index is 13.0. The molecule has 0 aliphatic carbocycles. The summed E-state index contributed by atoms with van der Waals surface area (Å²) in [7, 11) is 1.57. The van der Waals surface area contributed by atoms with Crippen molar-refractivity contribution in [1.82, 2.24) is 9.88 Å². The molecular weight excluding hydrogens is 492 g/mol. The van der Waals surface area contributed by atoms with Crippen LogP contribution < -0.4 is 10.1 Å². The molecule has 2 heterocycles. The third kappa shape index (κ3) is 5.95. The fraction of sp³-hybridized carbons (Fsp3) is 0.296. The van der Waals surface area contributed by atoms with Gasteiger partial charge in [0.05, 0.1) is 19.6 Å². The van der Waals surface area contributed by atoms with Crippen molar-refractivity contribution < 1.29 is 23.9 Å². The number of carbonyl (C=O) groups excluding carboxylic acids is 3. The molecule has 0 radical (unpaired) electrons. The molecule has 4 rings (SSSR count). The van der Waals surface area contributed by atoms with Gasteiger partial charge in [-0.3, -0.25) is 19.7 Å². The van der Waals surface area contributed by atoms with Gasteiger partial charge in [-0.15, -0.1) is 0 Å². The summed E-state index contributed by atoms with van der Waals surface area (Å²) in [6.45, 7) is 3.01. The van der Waals surface area contributed by atoms with Gasteiger partial charge in [0, 0.05) is 29.8 Å². The highest BCUT2D eigenvalue weighted by atomic mass is 32.1. The first-order chi connectivity index (χ1) is 17.9. The molecule has 0 atom stereocenters. The van der Waals surface area contributed by atoms with Gasteiger partial charge in [-0.05, 0) is 62.2 Å². The Labute approximate surface area is 218 Å². The van der Waals surface area contributed by atoms with Crippen LogP contribution in [-0.2, 0) is 9.53 Å². The van der Waals surface area contributed by atoms with Crippen molar-refractivity contribution >= 4 is 34.3 Å². The summed E-state index contributed by atoms with van der Waals surface area (Å²) in [5, 5.41) is 12.6. The van der Waals surface area contributed by atoms with Crippen LogP contribution in [0.3, 0.4) is 0 Å². The van der Waals surface area contributed by atoms with Crippen LogP contribution in [0.2, 0.25) is 0 Å². The molecular formula is C27H26N4O5S. The molecule has 1 aromatic heterocycles. The van der Waals surface area contributed by atoms with E-state index in [0.717, 1.165) is 16.9 Å². The lowest BCUT2D eigenvalue weighted by atomic mass is 9.96. The van der Waals surface area contributed by atoms with Gasteiger partial charge in [0.15, 0.2) is 5.13 Å². The number of aromatic nitrogens is 1. The van der Waals surface area contributed by atoms with Gasteiger partial charge in [-0.1, -0.05) is 17.4 Å². The quantitative estimate of drug-likeness (QED) is 0.461. The van der Waals surface area contributed by atoms with Crippen LogP contribution >= 0.6 is 11.3 Å². The van der Waals surface area contributed by atoms with Gasteiger partial charge in [0.25, 0.3) is 11.8 Å². The molecule has 3 aromatic rings. The van der Waals surface area contributed by atoms with Gasteiger partial charge in [0.2, 0.25) is 0 Å². The molecule has 1 saturated heterocycles. The fourth-order valence-electron chi connectivity index (χ4n) is 4.12. The largest absolute Gasteiger partial charge is 0.497 e. The highest BCUT2D eigenvalue weighted by Crippen LogP contribution is 2.32. The first kappa shape index (κ1) is 25.9. The minimum absolute atomic E-state index is 0.194. The van der Waals surface area contributed by atoms with Crippen molar-refractivity contribution in [3.63, 3.8) is 0 Å². The number of nitriles is 1. The lowest BCUT2D eigenvalue weighted by molar-refractivity contribution is -0.149. The lowest BCUT2D eigenvalue weighted by Crippen LogP contribution is -2.40. The highest BCUT2D eigenvalue weighted by molar-refractivity contribution is 7.16. The zero-order chi connectivity index (χ0) is 26.4. The number of carbonyl (C=O) groups is 3. The average molecular weight is 519 g/mol. The molecule has 2 amide bonds. The van der Waals surface area contributed by atoms with Crippen molar-refractivity contribution in [2.24, 2.45) is 5.92 Å². The number of anilines is 1. The van der Waals surface area contributed by atoms with E-state index in [1.807, 2.05) is 0 Å². The average Bonchev–Trinajstić information content (AvgIpc) is 3.35. The van der Waals surface area contributed by atoms with Gasteiger partial charge in [0.1, 0.15) is 22.4 Å². The van der Waals surface area contributed by atoms with E-state index in [4.69, 9.17) is 9.47 Å². The Bertz CT molecular complexity index is 1340. The number of nitrogens with one attached hydrogen (secondary N) is 1. The second-order valence-corrected chi connectivity index (χ2v) is 9.39. The lowest BCUT2D eigenvalue weighted by Gasteiger charge is -2.31. The molecule has 10 heteroatoms. The van der Waals surface area contributed by atoms with Crippen molar-refractivity contribution in [2.45, 2.75) is 19.8 Å². The Morgan fingerprint density at radius 2 is 1.84 bits per heavy atom. The zero-order valence-electron chi connectivity index (χ0n) is 20.5. The third-order valence-corrected chi connectivity index (χ3v) is 6.96. The summed E-state index contributed by atoms with van der Waals surface area (Å²) in [6.07, 6.45) is 1.10. The van der Waals surface area contributed by atoms with E-state index >= 15 is 0 Å². The van der Waals surface area contributed by atoms with Crippen molar-refractivity contribution in [3.05, 3.63) is 64.5 Å². The summed E-state index contributed by atoms with van der Waals surface area (Å²) < 4.78 is 10.3. The Hall–Kier alpha value is -4.23. The van der Waals surface area contributed by atoms with Crippen molar-refractivity contribution in [2.75, 3.05) is 32.1 Å². The van der Waals surface area contributed by atoms with Gasteiger partial charge in [-0.2, -0.15) is 5.26 Å². The number of hydrogen-bond donors (Lipinski definition) is 1. The van der Waals surface area contributed by atoms with Crippen LogP contribution in [-0.4, -0.2) is 54.5 Å². The normalized spacial score (nSPS) is 13.5. The highest BCUT2D eigenvalue weighted by Gasteiger charge is 2.29. The number of amides is 2. The maximum Gasteiger partial charge on any atom is 0.309 e. The Balaban J connectivity index is 1.44. The van der Waals surface area contributed by atoms with E-state index in [0.29, 0.717) is 60.0 Å². The monoisotopic (exact) mass is 518 g/mol. The fourth-order valence-corrected chi connectivity index (χ4v) is 4.90. The van der Waals surface area contributed by atoms with E-state index in [9.17, 15) is 19.6 Å². The predicted octanol–water partition coefficient (Wildman–Crippen LogP) is 4.36.